The van der Waals surface area contributed by atoms with Crippen LogP contribution in [0.2, 0.25) is 5.02 Å². The summed E-state index contributed by atoms with van der Waals surface area (Å²) in [6.07, 6.45) is 5.96. The van der Waals surface area contributed by atoms with Crippen LogP contribution >= 0.6 is 11.6 Å². The highest BCUT2D eigenvalue weighted by Gasteiger charge is 2.30. The molecule has 1 saturated carbocycles. The van der Waals surface area contributed by atoms with E-state index in [1.165, 1.54) is 0 Å². The van der Waals surface area contributed by atoms with E-state index in [9.17, 15) is 14.4 Å². The van der Waals surface area contributed by atoms with Crippen molar-refractivity contribution in [2.24, 2.45) is 38.7 Å². The Balaban J connectivity index is 1.13. The second-order valence-electron chi connectivity index (χ2n) is 13.3. The molecule has 2 fully saturated rings. The number of nitrogens with zero attached hydrogens (tertiary/aromatic N) is 3. The second-order valence-corrected chi connectivity index (χ2v) is 13.8. The van der Waals surface area contributed by atoms with Gasteiger partial charge in [0, 0.05) is 35.5 Å². The van der Waals surface area contributed by atoms with Gasteiger partial charge in [0.05, 0.1) is 10.6 Å². The van der Waals surface area contributed by atoms with E-state index >= 15 is 0 Å². The SMILES string of the molecule is NCC1CCC(C(=O)C[C@@H](Cc2ccc(-c3ccc(C(=O)NC4CCNCC4)c(Cl)c3)cc2)C(=O)Nc2ccc(C3=NCN=N3)cc2)CC1. The van der Waals surface area contributed by atoms with Gasteiger partial charge < -0.3 is 21.7 Å². The predicted molar refractivity (Wildman–Crippen MR) is 193 cm³/mol. The fourth-order valence-electron chi connectivity index (χ4n) is 6.94. The molecule has 256 valence electrons. The Labute approximate surface area is 292 Å². The van der Waals surface area contributed by atoms with Crippen LogP contribution in [0.5, 0.6) is 0 Å². The Morgan fingerprint density at radius 2 is 1.57 bits per heavy atom. The lowest BCUT2D eigenvalue weighted by Crippen LogP contribution is -2.42. The number of anilines is 1. The first kappa shape index (κ1) is 34.6. The minimum absolute atomic E-state index is 0.0319. The third-order valence-electron chi connectivity index (χ3n) is 9.97. The summed E-state index contributed by atoms with van der Waals surface area (Å²) in [7, 11) is 0. The highest BCUT2D eigenvalue weighted by molar-refractivity contribution is 6.34. The summed E-state index contributed by atoms with van der Waals surface area (Å²) >= 11 is 6.59. The number of halogens is 1. The van der Waals surface area contributed by atoms with E-state index in [-0.39, 0.29) is 36.0 Å². The zero-order valence-corrected chi connectivity index (χ0v) is 28.4. The van der Waals surface area contributed by atoms with Crippen molar-refractivity contribution in [3.05, 3.63) is 88.4 Å². The van der Waals surface area contributed by atoms with Gasteiger partial charge in [0.2, 0.25) is 5.91 Å². The number of rotatable bonds is 12. The predicted octanol–water partition coefficient (Wildman–Crippen LogP) is 6.18. The zero-order valence-electron chi connectivity index (χ0n) is 27.7. The summed E-state index contributed by atoms with van der Waals surface area (Å²) in [5.74, 6) is 0.279. The fraction of sp³-hybridized carbons (Fsp3) is 0.421. The van der Waals surface area contributed by atoms with Crippen LogP contribution in [0.4, 0.5) is 5.69 Å². The van der Waals surface area contributed by atoms with E-state index < -0.39 is 5.92 Å². The molecule has 0 unspecified atom stereocenters. The summed E-state index contributed by atoms with van der Waals surface area (Å²) in [6.45, 7) is 2.77. The molecule has 5 N–H and O–H groups in total. The summed E-state index contributed by atoms with van der Waals surface area (Å²) in [5, 5.41) is 17.8. The lowest BCUT2D eigenvalue weighted by Gasteiger charge is -2.27. The van der Waals surface area contributed by atoms with Gasteiger partial charge in [-0.2, -0.15) is 5.11 Å². The van der Waals surface area contributed by atoms with Gasteiger partial charge in [0.15, 0.2) is 12.5 Å². The average molecular weight is 682 g/mol. The smallest absolute Gasteiger partial charge is 0.253 e. The maximum atomic E-state index is 13.7. The average Bonchev–Trinajstić information content (AvgIpc) is 3.68. The minimum Gasteiger partial charge on any atom is -0.349 e. The standard InChI is InChI=1S/C38H44ClN7O3/c39-34-20-29(11-14-33(34)38(49)45-32-15-17-41-18-16-32)26-5-1-24(2-6-26)19-30(21-35(47)27-7-3-25(22-40)4-8-27)37(48)44-31-12-9-28(10-13-31)36-42-23-43-46-36/h1-2,5-6,9-14,20,25,27,30,32,41H,3-4,7-8,15-19,21-23,40H2,(H,44,48)(H,45,49)/t25?,27?,30-/m1/s1. The molecule has 11 heteroatoms. The van der Waals surface area contributed by atoms with Gasteiger partial charge in [0.25, 0.3) is 5.91 Å². The van der Waals surface area contributed by atoms with Crippen LogP contribution in [-0.4, -0.2) is 55.8 Å². The number of amidine groups is 1. The number of ketones is 1. The number of carbonyl (C=O) groups is 3. The highest BCUT2D eigenvalue weighted by Crippen LogP contribution is 2.32. The number of amides is 2. The molecular weight excluding hydrogens is 638 g/mol. The third kappa shape index (κ3) is 9.06. The Hall–Kier alpha value is -4.25. The number of piperidine rings is 1. The van der Waals surface area contributed by atoms with E-state index in [4.69, 9.17) is 17.3 Å². The monoisotopic (exact) mass is 681 g/mol. The molecule has 2 heterocycles. The summed E-state index contributed by atoms with van der Waals surface area (Å²) in [4.78, 5) is 44.4. The van der Waals surface area contributed by atoms with Gasteiger partial charge in [-0.3, -0.25) is 14.4 Å². The van der Waals surface area contributed by atoms with Crippen LogP contribution < -0.4 is 21.7 Å². The molecule has 49 heavy (non-hydrogen) atoms. The number of carbonyl (C=O) groups excluding carboxylic acids is 3. The molecule has 0 bridgehead atoms. The quantitative estimate of drug-likeness (QED) is 0.180. The highest BCUT2D eigenvalue weighted by atomic mass is 35.5. The van der Waals surface area contributed by atoms with Crippen molar-refractivity contribution in [3.8, 4) is 11.1 Å². The van der Waals surface area contributed by atoms with Gasteiger partial charge in [-0.25, -0.2) is 4.99 Å². The van der Waals surface area contributed by atoms with E-state index in [0.717, 1.165) is 73.9 Å². The summed E-state index contributed by atoms with van der Waals surface area (Å²) in [6, 6.07) is 20.9. The number of benzene rings is 3. The Morgan fingerprint density at radius 3 is 2.22 bits per heavy atom. The molecular formula is C38H44ClN7O3. The molecule has 1 aliphatic carbocycles. The van der Waals surface area contributed by atoms with Crippen LogP contribution in [-0.2, 0) is 16.0 Å². The van der Waals surface area contributed by atoms with Gasteiger partial charge in [-0.05, 0) is 124 Å². The van der Waals surface area contributed by atoms with Crippen molar-refractivity contribution in [2.45, 2.75) is 57.4 Å². The van der Waals surface area contributed by atoms with Crippen LogP contribution in [0, 0.1) is 17.8 Å². The van der Waals surface area contributed by atoms with Crippen molar-refractivity contribution in [1.82, 2.24) is 10.6 Å². The molecule has 1 saturated heterocycles. The van der Waals surface area contributed by atoms with E-state index in [1.807, 2.05) is 60.7 Å². The number of hydrogen-bond donors (Lipinski definition) is 4. The van der Waals surface area contributed by atoms with Gasteiger partial charge in [-0.1, -0.05) is 41.9 Å². The Bertz CT molecular complexity index is 1690. The maximum Gasteiger partial charge on any atom is 0.253 e. The van der Waals surface area contributed by atoms with E-state index in [1.54, 1.807) is 6.07 Å². The summed E-state index contributed by atoms with van der Waals surface area (Å²) in [5.41, 5.74) is 10.6. The first-order chi connectivity index (χ1) is 23.9. The molecule has 10 nitrogen and oxygen atoms in total. The molecule has 0 spiro atoms. The maximum absolute atomic E-state index is 13.7. The van der Waals surface area contributed by atoms with Gasteiger partial charge in [-0.15, -0.1) is 5.11 Å². The number of nitrogens with two attached hydrogens (primary N) is 1. The number of hydrogen-bond acceptors (Lipinski definition) is 8. The minimum atomic E-state index is -0.537. The molecule has 0 radical (unpaired) electrons. The first-order valence-electron chi connectivity index (χ1n) is 17.3. The number of Topliss-reactive ketones (excluding diaryl/α,β-unsaturated/α-hetero) is 1. The van der Waals surface area contributed by atoms with Crippen LogP contribution in [0.1, 0.15) is 66.4 Å². The molecule has 3 aliphatic rings. The molecule has 3 aromatic rings. The summed E-state index contributed by atoms with van der Waals surface area (Å²) < 4.78 is 0. The normalized spacial score (nSPS) is 20.0. The molecule has 1 atom stereocenters. The van der Waals surface area contributed by atoms with Crippen molar-refractivity contribution in [3.63, 3.8) is 0 Å². The van der Waals surface area contributed by atoms with Crippen molar-refractivity contribution in [1.29, 1.82) is 0 Å². The van der Waals surface area contributed by atoms with E-state index in [0.29, 0.717) is 47.7 Å². The Morgan fingerprint density at radius 1 is 0.878 bits per heavy atom. The molecule has 2 aliphatic heterocycles. The first-order valence-corrected chi connectivity index (χ1v) is 17.7. The number of nitrogens with one attached hydrogen (secondary N) is 3. The molecule has 6 rings (SSSR count). The lowest BCUT2D eigenvalue weighted by atomic mass is 9.77. The topological polar surface area (TPSA) is 150 Å². The van der Waals surface area contributed by atoms with Crippen molar-refractivity contribution < 1.29 is 14.4 Å². The van der Waals surface area contributed by atoms with Crippen LogP contribution in [0.25, 0.3) is 11.1 Å². The fourth-order valence-corrected chi connectivity index (χ4v) is 7.20. The van der Waals surface area contributed by atoms with E-state index in [2.05, 4.69) is 31.2 Å². The Kier molecular flexibility index (Phi) is 11.6. The molecule has 2 amide bonds. The third-order valence-corrected chi connectivity index (χ3v) is 10.3. The molecule has 3 aromatic carbocycles. The zero-order chi connectivity index (χ0) is 34.2. The van der Waals surface area contributed by atoms with Gasteiger partial charge >= 0.3 is 0 Å². The lowest BCUT2D eigenvalue weighted by molar-refractivity contribution is -0.129. The number of azo groups is 1. The van der Waals surface area contributed by atoms with Crippen LogP contribution in [0.15, 0.2) is 82.0 Å². The van der Waals surface area contributed by atoms with Crippen LogP contribution in [0.3, 0.4) is 0 Å². The second kappa shape index (κ2) is 16.4. The van der Waals surface area contributed by atoms with Crippen molar-refractivity contribution >= 4 is 40.7 Å². The molecule has 0 aromatic heterocycles. The van der Waals surface area contributed by atoms with Gasteiger partial charge in [0.1, 0.15) is 5.78 Å². The van der Waals surface area contributed by atoms with Crippen molar-refractivity contribution in [2.75, 3.05) is 31.6 Å². The largest absolute Gasteiger partial charge is 0.349 e. The number of aliphatic imine (C=N–C) groups is 1.